The van der Waals surface area contributed by atoms with Gasteiger partial charge < -0.3 is 5.32 Å². The molecular weight excluding hydrogens is 370 g/mol. The van der Waals surface area contributed by atoms with Crippen LogP contribution in [0.2, 0.25) is 0 Å². The first-order valence-electron chi connectivity index (χ1n) is 9.44. The molecule has 0 atom stereocenters. The molecule has 3 amide bonds. The van der Waals surface area contributed by atoms with E-state index >= 15 is 0 Å². The second-order valence-corrected chi connectivity index (χ2v) is 8.43. The van der Waals surface area contributed by atoms with Crippen LogP contribution >= 0.6 is 11.3 Å². The number of thiophene rings is 1. The number of aryl methyl sites for hydroxylation is 1. The van der Waals surface area contributed by atoms with Crippen LogP contribution in [0.1, 0.15) is 56.0 Å². The van der Waals surface area contributed by atoms with Crippen LogP contribution in [-0.4, -0.2) is 11.9 Å². The fraction of sp³-hybridized carbons (Fsp3) is 0.364. The second-order valence-electron chi connectivity index (χ2n) is 7.40. The van der Waals surface area contributed by atoms with Crippen molar-refractivity contribution in [3.63, 3.8) is 0 Å². The van der Waals surface area contributed by atoms with Gasteiger partial charge in [0, 0.05) is 11.3 Å². The standard InChI is InChI=1S/C22H29N3O2S/c1-16(2)17-9-7-10-18(15-17)22(3,4)23-21(27)25-24-20(26)13-6-5-11-19-12-8-14-28-19/h7-10,12,14-15H,1,5-6,11,13H2,2-4H3,(H,24,26)(H2,23,25,27). The van der Waals surface area contributed by atoms with Crippen LogP contribution < -0.4 is 16.2 Å². The van der Waals surface area contributed by atoms with E-state index in [4.69, 9.17) is 0 Å². The normalized spacial score (nSPS) is 11.0. The number of hydrazine groups is 1. The lowest BCUT2D eigenvalue weighted by molar-refractivity contribution is -0.121. The summed E-state index contributed by atoms with van der Waals surface area (Å²) < 4.78 is 0. The van der Waals surface area contributed by atoms with E-state index in [-0.39, 0.29) is 5.91 Å². The van der Waals surface area contributed by atoms with Crippen LogP contribution in [-0.2, 0) is 16.8 Å². The Kier molecular flexibility index (Phi) is 7.81. The van der Waals surface area contributed by atoms with Gasteiger partial charge >= 0.3 is 6.03 Å². The molecule has 0 spiro atoms. The second kappa shape index (κ2) is 10.1. The Bertz CT molecular complexity index is 813. The first kappa shape index (κ1) is 21.7. The number of allylic oxidation sites excluding steroid dienone is 1. The molecule has 1 heterocycles. The minimum atomic E-state index is -0.596. The minimum Gasteiger partial charge on any atom is -0.328 e. The molecular formula is C22H29N3O2S. The Hall–Kier alpha value is -2.60. The van der Waals surface area contributed by atoms with Gasteiger partial charge in [0.2, 0.25) is 5.91 Å². The smallest absolute Gasteiger partial charge is 0.328 e. The van der Waals surface area contributed by atoms with Crippen molar-refractivity contribution in [2.24, 2.45) is 0 Å². The molecule has 28 heavy (non-hydrogen) atoms. The first-order valence-corrected chi connectivity index (χ1v) is 10.3. The van der Waals surface area contributed by atoms with Gasteiger partial charge in [-0.25, -0.2) is 10.2 Å². The van der Waals surface area contributed by atoms with Crippen LogP contribution in [0.5, 0.6) is 0 Å². The minimum absolute atomic E-state index is 0.191. The maximum absolute atomic E-state index is 12.2. The average Bonchev–Trinajstić information content (AvgIpc) is 3.17. The predicted molar refractivity (Wildman–Crippen MR) is 116 cm³/mol. The molecule has 2 rings (SSSR count). The van der Waals surface area contributed by atoms with Crippen LogP contribution in [0.3, 0.4) is 0 Å². The molecule has 0 fully saturated rings. The van der Waals surface area contributed by atoms with Crippen molar-refractivity contribution in [3.8, 4) is 0 Å². The SMILES string of the molecule is C=C(C)c1cccc(C(C)(C)NC(=O)NNC(=O)CCCCc2cccs2)c1. The Morgan fingerprint density at radius 2 is 1.89 bits per heavy atom. The summed E-state index contributed by atoms with van der Waals surface area (Å²) in [6.07, 6.45) is 3.10. The molecule has 0 unspecified atom stereocenters. The number of rotatable bonds is 8. The van der Waals surface area contributed by atoms with Crippen molar-refractivity contribution in [2.75, 3.05) is 0 Å². The Balaban J connectivity index is 1.73. The number of hydrogen-bond acceptors (Lipinski definition) is 3. The molecule has 0 aliphatic carbocycles. The van der Waals surface area contributed by atoms with E-state index in [2.05, 4.69) is 34.2 Å². The fourth-order valence-corrected chi connectivity index (χ4v) is 3.54. The summed E-state index contributed by atoms with van der Waals surface area (Å²) in [6, 6.07) is 11.6. The fourth-order valence-electron chi connectivity index (χ4n) is 2.79. The largest absolute Gasteiger partial charge is 0.334 e. The third kappa shape index (κ3) is 6.85. The average molecular weight is 400 g/mol. The third-order valence-electron chi connectivity index (χ3n) is 4.48. The van der Waals surface area contributed by atoms with Crippen LogP contribution in [0.4, 0.5) is 4.79 Å². The molecule has 0 bridgehead atoms. The quantitative estimate of drug-likeness (QED) is 0.442. The van der Waals surface area contributed by atoms with E-state index in [9.17, 15) is 9.59 Å². The van der Waals surface area contributed by atoms with Gasteiger partial charge in [-0.2, -0.15) is 0 Å². The lowest BCUT2D eigenvalue weighted by Crippen LogP contribution is -2.52. The topological polar surface area (TPSA) is 70.2 Å². The molecule has 0 aliphatic heterocycles. The zero-order chi connectivity index (χ0) is 20.6. The molecule has 1 aromatic heterocycles. The molecule has 0 saturated heterocycles. The summed E-state index contributed by atoms with van der Waals surface area (Å²) in [6.45, 7) is 9.73. The maximum atomic E-state index is 12.2. The van der Waals surface area contributed by atoms with Gasteiger partial charge in [0.25, 0.3) is 0 Å². The number of amides is 3. The van der Waals surface area contributed by atoms with Crippen molar-refractivity contribution in [2.45, 2.75) is 52.0 Å². The highest BCUT2D eigenvalue weighted by Crippen LogP contribution is 2.23. The number of carbonyl (C=O) groups excluding carboxylic acids is 2. The van der Waals surface area contributed by atoms with Crippen molar-refractivity contribution in [3.05, 3.63) is 64.4 Å². The highest BCUT2D eigenvalue weighted by Gasteiger charge is 2.23. The van der Waals surface area contributed by atoms with Crippen molar-refractivity contribution >= 4 is 28.8 Å². The number of urea groups is 1. The molecule has 6 heteroatoms. The summed E-state index contributed by atoms with van der Waals surface area (Å²) in [5.74, 6) is -0.191. The molecule has 150 valence electrons. The van der Waals surface area contributed by atoms with Crippen molar-refractivity contribution < 1.29 is 9.59 Å². The predicted octanol–water partition coefficient (Wildman–Crippen LogP) is 4.76. The number of unbranched alkanes of at least 4 members (excludes halogenated alkanes) is 1. The van der Waals surface area contributed by atoms with Gasteiger partial charge in [-0.15, -0.1) is 11.3 Å². The number of hydrogen-bond donors (Lipinski definition) is 3. The summed E-state index contributed by atoms with van der Waals surface area (Å²) in [5, 5.41) is 4.94. The summed E-state index contributed by atoms with van der Waals surface area (Å²) in [7, 11) is 0. The van der Waals surface area contributed by atoms with Gasteiger partial charge in [-0.1, -0.05) is 36.4 Å². The molecule has 0 radical (unpaired) electrons. The molecule has 0 saturated carbocycles. The van der Waals surface area contributed by atoms with E-state index in [0.29, 0.717) is 6.42 Å². The molecule has 0 aliphatic rings. The van der Waals surface area contributed by atoms with E-state index in [1.54, 1.807) is 11.3 Å². The molecule has 3 N–H and O–H groups in total. The van der Waals surface area contributed by atoms with E-state index in [0.717, 1.165) is 36.0 Å². The molecule has 2 aromatic rings. The van der Waals surface area contributed by atoms with Crippen LogP contribution in [0.25, 0.3) is 5.57 Å². The summed E-state index contributed by atoms with van der Waals surface area (Å²) in [4.78, 5) is 25.4. The maximum Gasteiger partial charge on any atom is 0.334 e. The van der Waals surface area contributed by atoms with Gasteiger partial charge in [-0.05, 0) is 68.7 Å². The number of nitrogens with one attached hydrogen (secondary N) is 3. The van der Waals surface area contributed by atoms with Gasteiger partial charge in [0.1, 0.15) is 0 Å². The van der Waals surface area contributed by atoms with Gasteiger partial charge in [-0.3, -0.25) is 10.2 Å². The van der Waals surface area contributed by atoms with Gasteiger partial charge in [0.15, 0.2) is 0 Å². The third-order valence-corrected chi connectivity index (χ3v) is 5.41. The Morgan fingerprint density at radius 1 is 1.11 bits per heavy atom. The summed E-state index contributed by atoms with van der Waals surface area (Å²) in [5.41, 5.74) is 7.26. The zero-order valence-corrected chi connectivity index (χ0v) is 17.6. The van der Waals surface area contributed by atoms with E-state index < -0.39 is 11.6 Å². The van der Waals surface area contributed by atoms with Crippen LogP contribution in [0, 0.1) is 0 Å². The lowest BCUT2D eigenvalue weighted by Gasteiger charge is -2.27. The van der Waals surface area contributed by atoms with E-state index in [1.165, 1.54) is 4.88 Å². The Labute approximate surface area is 171 Å². The van der Waals surface area contributed by atoms with Crippen LogP contribution in [0.15, 0.2) is 48.4 Å². The number of carbonyl (C=O) groups is 2. The zero-order valence-electron chi connectivity index (χ0n) is 16.8. The van der Waals surface area contributed by atoms with Crippen molar-refractivity contribution in [1.82, 2.24) is 16.2 Å². The Morgan fingerprint density at radius 3 is 2.57 bits per heavy atom. The first-order chi connectivity index (χ1) is 13.3. The molecule has 1 aromatic carbocycles. The lowest BCUT2D eigenvalue weighted by atomic mass is 9.92. The molecule has 5 nitrogen and oxygen atoms in total. The number of benzene rings is 1. The highest BCUT2D eigenvalue weighted by molar-refractivity contribution is 7.09. The van der Waals surface area contributed by atoms with Crippen molar-refractivity contribution in [1.29, 1.82) is 0 Å². The highest BCUT2D eigenvalue weighted by atomic mass is 32.1. The monoisotopic (exact) mass is 399 g/mol. The van der Waals surface area contributed by atoms with E-state index in [1.807, 2.05) is 51.1 Å². The summed E-state index contributed by atoms with van der Waals surface area (Å²) >= 11 is 1.73. The van der Waals surface area contributed by atoms with Gasteiger partial charge in [0.05, 0.1) is 5.54 Å².